The highest BCUT2D eigenvalue weighted by atomic mass is 127. The van der Waals surface area contributed by atoms with Gasteiger partial charge in [0, 0.05) is 22.6 Å². The van der Waals surface area contributed by atoms with Crippen molar-refractivity contribution < 1.29 is 17.5 Å². The van der Waals surface area contributed by atoms with Crippen LogP contribution in [0, 0.1) is 20.7 Å². The van der Waals surface area contributed by atoms with Crippen LogP contribution in [0.1, 0.15) is 23.5 Å². The number of pyridine rings is 1. The molecule has 2 atom stereocenters. The van der Waals surface area contributed by atoms with Crippen LogP contribution in [0.2, 0.25) is 0 Å². The maximum Gasteiger partial charge on any atom is 0.255 e. The van der Waals surface area contributed by atoms with E-state index in [0.717, 1.165) is 11.6 Å². The van der Waals surface area contributed by atoms with Crippen LogP contribution in [-0.4, -0.2) is 25.3 Å². The number of nitriles is 1. The van der Waals surface area contributed by atoms with Crippen molar-refractivity contribution in [3.05, 3.63) is 79.4 Å². The smallest absolute Gasteiger partial charge is 0.255 e. The Morgan fingerprint density at radius 3 is 2.53 bits per heavy atom. The monoisotopic (exact) mass is 594 g/mol. The highest BCUT2D eigenvalue weighted by Gasteiger charge is 2.48. The fraction of sp³-hybridized carbons (Fsp3) is 0.217. The van der Waals surface area contributed by atoms with Crippen LogP contribution in [0.4, 0.5) is 21.6 Å². The minimum atomic E-state index is -3.89. The van der Waals surface area contributed by atoms with Crippen molar-refractivity contribution in [2.45, 2.75) is 17.6 Å². The predicted molar refractivity (Wildman–Crippen MR) is 135 cm³/mol. The number of nitrogens with zero attached hydrogens (tertiary/aromatic N) is 2. The van der Waals surface area contributed by atoms with Gasteiger partial charge in [-0.1, -0.05) is 12.1 Å². The van der Waals surface area contributed by atoms with E-state index >= 15 is 0 Å². The summed E-state index contributed by atoms with van der Waals surface area (Å²) >= 11 is 1.98. The molecule has 2 aromatic carbocycles. The average molecular weight is 594 g/mol. The molecule has 11 heteroatoms. The first-order valence-corrected chi connectivity index (χ1v) is 12.8. The average Bonchev–Trinajstić information content (AvgIpc) is 3.62. The predicted octanol–water partition coefficient (Wildman–Crippen LogP) is 4.05. The Balaban J connectivity index is 1.68. The van der Waals surface area contributed by atoms with Crippen LogP contribution < -0.4 is 20.3 Å². The number of hydrogen-bond acceptors (Lipinski definition) is 6. The summed E-state index contributed by atoms with van der Waals surface area (Å²) in [6.45, 7) is 0. The minimum Gasteiger partial charge on any atom is -0.494 e. The van der Waals surface area contributed by atoms with Crippen molar-refractivity contribution in [1.82, 2.24) is 4.57 Å². The number of benzene rings is 2. The molecule has 0 aliphatic heterocycles. The molecule has 2 N–H and O–H groups in total. The van der Waals surface area contributed by atoms with E-state index in [0.29, 0.717) is 15.6 Å². The molecule has 3 aromatic rings. The van der Waals surface area contributed by atoms with Gasteiger partial charge in [-0.25, -0.2) is 12.8 Å². The Bertz CT molecular complexity index is 1470. The summed E-state index contributed by atoms with van der Waals surface area (Å²) < 4.78 is 50.7. The fourth-order valence-corrected chi connectivity index (χ4v) is 5.82. The Hall–Kier alpha value is -3.11. The number of anilines is 3. The highest BCUT2D eigenvalue weighted by Crippen LogP contribution is 2.47. The fourth-order valence-electron chi connectivity index (χ4n) is 3.69. The van der Waals surface area contributed by atoms with Crippen molar-refractivity contribution in [2.24, 2.45) is 7.05 Å². The number of hydrogen-bond donors (Lipinski definition) is 2. The van der Waals surface area contributed by atoms with Gasteiger partial charge in [0.15, 0.2) is 5.75 Å². The van der Waals surface area contributed by atoms with E-state index < -0.39 is 26.6 Å². The van der Waals surface area contributed by atoms with E-state index in [1.54, 1.807) is 30.3 Å². The van der Waals surface area contributed by atoms with Gasteiger partial charge in [0.2, 0.25) is 10.0 Å². The Morgan fingerprint density at radius 2 is 1.91 bits per heavy atom. The molecule has 176 valence electrons. The van der Waals surface area contributed by atoms with Gasteiger partial charge in [-0.05, 0) is 64.9 Å². The Labute approximate surface area is 209 Å². The van der Waals surface area contributed by atoms with Gasteiger partial charge in [0.1, 0.15) is 17.3 Å². The molecule has 0 amide bonds. The van der Waals surface area contributed by atoms with Gasteiger partial charge in [-0.2, -0.15) is 5.26 Å². The molecule has 1 saturated carbocycles. The van der Waals surface area contributed by atoms with E-state index in [1.165, 1.54) is 30.9 Å². The molecule has 1 aromatic heterocycles. The minimum absolute atomic E-state index is 0.00743. The summed E-state index contributed by atoms with van der Waals surface area (Å²) in [6.07, 6.45) is 0.407. The number of halogens is 2. The maximum atomic E-state index is 14.5. The van der Waals surface area contributed by atoms with Crippen molar-refractivity contribution in [3.63, 3.8) is 0 Å². The van der Waals surface area contributed by atoms with E-state index in [2.05, 4.69) is 10.0 Å². The summed E-state index contributed by atoms with van der Waals surface area (Å²) in [6, 6.07) is 14.5. The van der Waals surface area contributed by atoms with Gasteiger partial charge < -0.3 is 10.1 Å². The van der Waals surface area contributed by atoms with Crippen LogP contribution in [0.5, 0.6) is 5.75 Å². The zero-order chi connectivity index (χ0) is 24.6. The van der Waals surface area contributed by atoms with Gasteiger partial charge in [-0.15, -0.1) is 0 Å². The molecular formula is C23H20FIN4O4S. The number of nitrogens with one attached hydrogen (secondary N) is 2. The maximum absolute atomic E-state index is 14.5. The van der Waals surface area contributed by atoms with Crippen LogP contribution >= 0.6 is 22.6 Å². The normalized spacial score (nSPS) is 17.0. The molecule has 1 aliphatic rings. The molecule has 0 saturated heterocycles. The Kier molecular flexibility index (Phi) is 6.55. The topological polar surface area (TPSA) is 113 Å². The molecule has 34 heavy (non-hydrogen) atoms. The number of rotatable bonds is 7. The first-order valence-electron chi connectivity index (χ1n) is 10.2. The first kappa shape index (κ1) is 24.0. The van der Waals surface area contributed by atoms with Gasteiger partial charge in [0.25, 0.3) is 5.56 Å². The van der Waals surface area contributed by atoms with Gasteiger partial charge in [0.05, 0.1) is 29.7 Å². The van der Waals surface area contributed by atoms with Crippen LogP contribution in [0.25, 0.3) is 0 Å². The zero-order valence-corrected chi connectivity index (χ0v) is 21.1. The second kappa shape index (κ2) is 9.27. The molecule has 1 fully saturated rings. The lowest BCUT2D eigenvalue weighted by Gasteiger charge is -2.20. The molecule has 8 nitrogen and oxygen atoms in total. The van der Waals surface area contributed by atoms with Crippen molar-refractivity contribution in [1.29, 1.82) is 5.26 Å². The third kappa shape index (κ3) is 4.74. The van der Waals surface area contributed by atoms with Gasteiger partial charge in [-0.3, -0.25) is 14.1 Å². The summed E-state index contributed by atoms with van der Waals surface area (Å²) in [5.74, 6) is -0.729. The molecule has 1 aliphatic carbocycles. The van der Waals surface area contributed by atoms with E-state index in [4.69, 9.17) is 10.00 Å². The number of sulfonamides is 1. The van der Waals surface area contributed by atoms with E-state index in [9.17, 15) is 17.6 Å². The van der Waals surface area contributed by atoms with Gasteiger partial charge >= 0.3 is 0 Å². The molecule has 2 unspecified atom stereocenters. The van der Waals surface area contributed by atoms with Crippen molar-refractivity contribution in [2.75, 3.05) is 17.1 Å². The van der Waals surface area contributed by atoms with Crippen LogP contribution in [-0.2, 0) is 17.1 Å². The molecular weight excluding hydrogens is 574 g/mol. The SMILES string of the molecule is COc1cc(=O)n(C)c(Nc2ccc(I)cc2F)c1NS(=O)(=O)C1CC1c1ccc(C#N)cc1. The molecule has 4 rings (SSSR count). The zero-order valence-electron chi connectivity index (χ0n) is 18.2. The summed E-state index contributed by atoms with van der Waals surface area (Å²) in [7, 11) is -1.13. The lowest BCUT2D eigenvalue weighted by atomic mass is 10.1. The number of methoxy groups -OCH3 is 1. The largest absolute Gasteiger partial charge is 0.494 e. The quantitative estimate of drug-likeness (QED) is 0.400. The van der Waals surface area contributed by atoms with Crippen molar-refractivity contribution in [3.8, 4) is 11.8 Å². The van der Waals surface area contributed by atoms with Crippen LogP contribution in [0.15, 0.2) is 53.3 Å². The number of aromatic nitrogens is 1. The second-order valence-corrected chi connectivity index (χ2v) is 11.0. The third-order valence-corrected chi connectivity index (χ3v) is 8.13. The summed E-state index contributed by atoms with van der Waals surface area (Å²) in [4.78, 5) is 12.5. The van der Waals surface area contributed by atoms with E-state index in [-0.39, 0.29) is 28.9 Å². The standard InChI is InChI=1S/C23H20FIN4O4S/c1-29-21(30)11-19(33-2)22(23(29)27-18-8-7-15(25)9-17(18)24)28-34(31,32)20-10-16(20)14-5-3-13(12-26)4-6-14/h3-9,11,16,20,27-28H,10H2,1-2H3. The van der Waals surface area contributed by atoms with E-state index in [1.807, 2.05) is 28.7 Å². The van der Waals surface area contributed by atoms with Crippen LogP contribution in [0.3, 0.4) is 0 Å². The molecule has 1 heterocycles. The van der Waals surface area contributed by atoms with Crippen molar-refractivity contribution >= 4 is 49.8 Å². The molecule has 0 radical (unpaired) electrons. The molecule has 0 bridgehead atoms. The first-order chi connectivity index (χ1) is 16.1. The Morgan fingerprint density at radius 1 is 1.21 bits per heavy atom. The number of ether oxygens (including phenoxy) is 1. The lowest BCUT2D eigenvalue weighted by Crippen LogP contribution is -2.25. The third-order valence-electron chi connectivity index (χ3n) is 5.65. The molecule has 0 spiro atoms. The summed E-state index contributed by atoms with van der Waals surface area (Å²) in [5, 5.41) is 11.1. The lowest BCUT2D eigenvalue weighted by molar-refractivity contribution is 0.415. The summed E-state index contributed by atoms with van der Waals surface area (Å²) in [5.41, 5.74) is 0.936. The second-order valence-electron chi connectivity index (χ2n) is 7.84. The highest BCUT2D eigenvalue weighted by molar-refractivity contribution is 14.1.